The van der Waals surface area contributed by atoms with Gasteiger partial charge in [-0.15, -0.1) is 0 Å². The van der Waals surface area contributed by atoms with Crippen molar-refractivity contribution < 1.29 is 23.8 Å². The van der Waals surface area contributed by atoms with E-state index in [4.69, 9.17) is 14.2 Å². The number of fused-ring (bicyclic) bond motifs is 1. The number of carbonyl (C=O) groups is 2. The Balaban J connectivity index is 0.00000199. The first-order valence-corrected chi connectivity index (χ1v) is 11.6. The van der Waals surface area contributed by atoms with Gasteiger partial charge in [0.05, 0.1) is 32.1 Å². The fourth-order valence-electron chi connectivity index (χ4n) is 3.54. The average molecular weight is 467 g/mol. The smallest absolute Gasteiger partial charge is 0.340 e. The highest BCUT2D eigenvalue weighted by molar-refractivity contribution is 6.05. The number of anilines is 1. The summed E-state index contributed by atoms with van der Waals surface area (Å²) in [5, 5.41) is 4.37. The molecule has 1 amide bonds. The first-order chi connectivity index (χ1) is 16.5. The minimum Gasteiger partial charge on any atom is -0.493 e. The summed E-state index contributed by atoms with van der Waals surface area (Å²) in [5.74, 6) is 0.612. The van der Waals surface area contributed by atoms with Gasteiger partial charge in [-0.1, -0.05) is 32.9 Å². The Labute approximate surface area is 201 Å². The first-order valence-electron chi connectivity index (χ1n) is 11.6. The molecule has 2 aromatic carbocycles. The number of carbonyl (C=O) groups excluding carboxylic acids is 2. The number of nitrogens with one attached hydrogen (secondary N) is 1. The number of amides is 1. The fraction of sp³-hybridized carbons (Fsp3) is 0.370. The van der Waals surface area contributed by atoms with Crippen LogP contribution in [0.5, 0.6) is 11.5 Å². The van der Waals surface area contributed by atoms with Crippen molar-refractivity contribution in [2.45, 2.75) is 47.0 Å². The SMILES string of the molecule is CC.CCCC(=O)Nc1cccc(Cc2ncc(C(=O)OCC)c3cc(OC)c(OC)cc23)c1. The predicted octanol–water partition coefficient (Wildman–Crippen LogP) is 5.78. The quantitative estimate of drug-likeness (QED) is 0.402. The third-order valence-corrected chi connectivity index (χ3v) is 5.03. The number of nitrogens with zero attached hydrogens (tertiary/aromatic N) is 1. The summed E-state index contributed by atoms with van der Waals surface area (Å²) in [4.78, 5) is 29.0. The molecule has 0 saturated heterocycles. The molecule has 1 heterocycles. The summed E-state index contributed by atoms with van der Waals surface area (Å²) < 4.78 is 16.1. The highest BCUT2D eigenvalue weighted by Gasteiger charge is 2.18. The number of ether oxygens (including phenoxy) is 3. The zero-order chi connectivity index (χ0) is 25.1. The van der Waals surface area contributed by atoms with Crippen molar-refractivity contribution in [1.82, 2.24) is 4.98 Å². The van der Waals surface area contributed by atoms with E-state index in [1.807, 2.05) is 51.1 Å². The molecule has 3 rings (SSSR count). The molecule has 182 valence electrons. The van der Waals surface area contributed by atoms with Gasteiger partial charge in [-0.3, -0.25) is 9.78 Å². The second-order valence-corrected chi connectivity index (χ2v) is 7.27. The van der Waals surface area contributed by atoms with E-state index in [0.29, 0.717) is 35.3 Å². The van der Waals surface area contributed by atoms with Crippen molar-refractivity contribution in [3.63, 3.8) is 0 Å². The van der Waals surface area contributed by atoms with Crippen LogP contribution < -0.4 is 14.8 Å². The molecule has 34 heavy (non-hydrogen) atoms. The van der Waals surface area contributed by atoms with Crippen molar-refractivity contribution in [1.29, 1.82) is 0 Å². The van der Waals surface area contributed by atoms with E-state index in [1.165, 1.54) is 6.20 Å². The number of benzene rings is 2. The highest BCUT2D eigenvalue weighted by atomic mass is 16.5. The summed E-state index contributed by atoms with van der Waals surface area (Å²) in [6.07, 6.45) is 3.31. The van der Waals surface area contributed by atoms with Gasteiger partial charge < -0.3 is 19.5 Å². The maximum atomic E-state index is 12.5. The van der Waals surface area contributed by atoms with Crippen LogP contribution in [0, 0.1) is 0 Å². The Morgan fingerprint density at radius 3 is 2.26 bits per heavy atom. The number of methoxy groups -OCH3 is 2. The van der Waals surface area contributed by atoms with Gasteiger partial charge in [-0.2, -0.15) is 0 Å². The van der Waals surface area contributed by atoms with Crippen molar-refractivity contribution in [2.24, 2.45) is 0 Å². The lowest BCUT2D eigenvalue weighted by atomic mass is 9.99. The Bertz CT molecular complexity index is 1130. The van der Waals surface area contributed by atoms with E-state index in [1.54, 1.807) is 27.2 Å². The van der Waals surface area contributed by atoms with Crippen LogP contribution in [0.4, 0.5) is 5.69 Å². The molecule has 0 radical (unpaired) electrons. The molecule has 0 fully saturated rings. The molecule has 7 heteroatoms. The van der Waals surface area contributed by atoms with E-state index in [0.717, 1.165) is 28.8 Å². The molecule has 1 N–H and O–H groups in total. The first kappa shape index (κ1) is 26.6. The number of hydrogen-bond acceptors (Lipinski definition) is 6. The number of esters is 1. The third-order valence-electron chi connectivity index (χ3n) is 5.03. The molecule has 0 atom stereocenters. The van der Waals surface area contributed by atoms with Crippen LogP contribution in [-0.2, 0) is 16.0 Å². The van der Waals surface area contributed by atoms with Gasteiger partial charge in [-0.25, -0.2) is 4.79 Å². The van der Waals surface area contributed by atoms with Gasteiger partial charge in [-0.05, 0) is 43.2 Å². The van der Waals surface area contributed by atoms with Gasteiger partial charge in [0.2, 0.25) is 5.91 Å². The number of hydrogen-bond donors (Lipinski definition) is 1. The van der Waals surface area contributed by atoms with Gasteiger partial charge >= 0.3 is 5.97 Å². The zero-order valence-corrected chi connectivity index (χ0v) is 20.9. The second-order valence-electron chi connectivity index (χ2n) is 7.27. The largest absolute Gasteiger partial charge is 0.493 e. The molecule has 0 unspecified atom stereocenters. The normalized spacial score (nSPS) is 10.2. The molecule has 7 nitrogen and oxygen atoms in total. The third kappa shape index (κ3) is 6.47. The standard InChI is InChI=1S/C25H28N2O5.C2H6/c1-5-8-24(28)27-17-10-7-9-16(11-17)12-21-19-14-23(31-4)22(30-3)13-18(19)20(15-26-21)25(29)32-6-2;1-2/h7,9-11,13-15H,5-6,8,12H2,1-4H3,(H,27,28);1-2H3. The molecular weight excluding hydrogens is 432 g/mol. The summed E-state index contributed by atoms with van der Waals surface area (Å²) >= 11 is 0. The topological polar surface area (TPSA) is 86.8 Å². The fourth-order valence-corrected chi connectivity index (χ4v) is 3.54. The van der Waals surface area contributed by atoms with Gasteiger partial charge in [0.25, 0.3) is 0 Å². The maximum Gasteiger partial charge on any atom is 0.340 e. The number of aromatic nitrogens is 1. The summed E-state index contributed by atoms with van der Waals surface area (Å²) in [7, 11) is 3.11. The van der Waals surface area contributed by atoms with E-state index >= 15 is 0 Å². The summed E-state index contributed by atoms with van der Waals surface area (Å²) in [6.45, 7) is 8.00. The lowest BCUT2D eigenvalue weighted by molar-refractivity contribution is -0.116. The van der Waals surface area contributed by atoms with Gasteiger partial charge in [0.1, 0.15) is 0 Å². The second kappa shape index (κ2) is 13.2. The van der Waals surface area contributed by atoms with Crippen LogP contribution >= 0.6 is 0 Å². The molecule has 0 bridgehead atoms. The van der Waals surface area contributed by atoms with E-state index < -0.39 is 5.97 Å². The highest BCUT2D eigenvalue weighted by Crippen LogP contribution is 2.35. The van der Waals surface area contributed by atoms with Crippen LogP contribution in [0.2, 0.25) is 0 Å². The molecule has 0 spiro atoms. The molecule has 0 aliphatic heterocycles. The Morgan fingerprint density at radius 2 is 1.65 bits per heavy atom. The van der Waals surface area contributed by atoms with Crippen LogP contribution in [0.3, 0.4) is 0 Å². The van der Waals surface area contributed by atoms with Crippen molar-refractivity contribution >= 4 is 28.3 Å². The van der Waals surface area contributed by atoms with Crippen LogP contribution in [0.15, 0.2) is 42.6 Å². The average Bonchev–Trinajstić information content (AvgIpc) is 2.85. The lowest BCUT2D eigenvalue weighted by Gasteiger charge is -2.14. The zero-order valence-electron chi connectivity index (χ0n) is 20.9. The van der Waals surface area contributed by atoms with E-state index in [9.17, 15) is 9.59 Å². The maximum absolute atomic E-state index is 12.5. The molecule has 0 aliphatic rings. The number of pyridine rings is 1. The molecule has 3 aromatic rings. The molecule has 0 saturated carbocycles. The Hall–Kier alpha value is -3.61. The molecule has 0 aliphatic carbocycles. The summed E-state index contributed by atoms with van der Waals surface area (Å²) in [6, 6.07) is 11.3. The molecular formula is C27H34N2O5. The van der Waals surface area contributed by atoms with Crippen LogP contribution in [0.1, 0.15) is 62.2 Å². The van der Waals surface area contributed by atoms with Gasteiger partial charge in [0.15, 0.2) is 11.5 Å². The van der Waals surface area contributed by atoms with E-state index in [-0.39, 0.29) is 12.5 Å². The Morgan fingerprint density at radius 1 is 0.971 bits per heavy atom. The van der Waals surface area contributed by atoms with Crippen molar-refractivity contribution in [3.05, 3.63) is 59.4 Å². The van der Waals surface area contributed by atoms with E-state index in [2.05, 4.69) is 10.3 Å². The van der Waals surface area contributed by atoms with Crippen molar-refractivity contribution in [2.75, 3.05) is 26.1 Å². The predicted molar refractivity (Wildman–Crippen MR) is 135 cm³/mol. The minimum absolute atomic E-state index is 0.0103. The lowest BCUT2D eigenvalue weighted by Crippen LogP contribution is -2.10. The summed E-state index contributed by atoms with van der Waals surface area (Å²) in [5.41, 5.74) is 2.86. The van der Waals surface area contributed by atoms with Crippen molar-refractivity contribution in [3.8, 4) is 11.5 Å². The van der Waals surface area contributed by atoms with Gasteiger partial charge in [0, 0.05) is 35.5 Å². The van der Waals surface area contributed by atoms with Crippen LogP contribution in [0.25, 0.3) is 10.8 Å². The Kier molecular flexibility index (Phi) is 10.3. The minimum atomic E-state index is -0.440. The number of rotatable bonds is 9. The monoisotopic (exact) mass is 466 g/mol. The van der Waals surface area contributed by atoms with Crippen LogP contribution in [-0.4, -0.2) is 37.7 Å². The molecule has 1 aromatic heterocycles.